The number of hydrogen-bond donors (Lipinski definition) is 1. The standard InChI is InChI=1S/C13H16N2O3/c1-3-12-14-15-13(18-12)8-17-11-7-5-4-6-10(11)9(2)16/h4-7,9,16H,3,8H2,1-2H3/t9-/m1/s1. The van der Waals surface area contributed by atoms with Crippen molar-refractivity contribution < 1.29 is 14.3 Å². The summed E-state index contributed by atoms with van der Waals surface area (Å²) in [7, 11) is 0. The van der Waals surface area contributed by atoms with E-state index in [1.807, 2.05) is 25.1 Å². The Balaban J connectivity index is 2.05. The summed E-state index contributed by atoms with van der Waals surface area (Å²) in [6, 6.07) is 7.34. The third-order valence-electron chi connectivity index (χ3n) is 2.53. The third kappa shape index (κ3) is 2.87. The molecule has 0 spiro atoms. The fraction of sp³-hybridized carbons (Fsp3) is 0.385. The molecule has 5 nitrogen and oxygen atoms in total. The molecule has 1 atom stereocenters. The van der Waals surface area contributed by atoms with E-state index in [9.17, 15) is 5.11 Å². The van der Waals surface area contributed by atoms with Crippen molar-refractivity contribution in [2.24, 2.45) is 0 Å². The SMILES string of the molecule is CCc1nnc(COc2ccccc2[C@@H](C)O)o1. The zero-order valence-electron chi connectivity index (χ0n) is 10.5. The van der Waals surface area contributed by atoms with E-state index in [-0.39, 0.29) is 6.61 Å². The second-order valence-corrected chi connectivity index (χ2v) is 3.95. The van der Waals surface area contributed by atoms with Crippen LogP contribution in [-0.4, -0.2) is 15.3 Å². The summed E-state index contributed by atoms with van der Waals surface area (Å²) < 4.78 is 10.9. The number of aryl methyl sites for hydroxylation is 1. The molecular weight excluding hydrogens is 232 g/mol. The summed E-state index contributed by atoms with van der Waals surface area (Å²) in [6.07, 6.45) is 0.132. The molecule has 0 saturated heterocycles. The lowest BCUT2D eigenvalue weighted by atomic mass is 10.1. The van der Waals surface area contributed by atoms with Crippen LogP contribution < -0.4 is 4.74 Å². The van der Waals surface area contributed by atoms with E-state index < -0.39 is 6.10 Å². The molecule has 0 aliphatic rings. The van der Waals surface area contributed by atoms with Gasteiger partial charge in [-0.2, -0.15) is 0 Å². The van der Waals surface area contributed by atoms with Gasteiger partial charge in [0, 0.05) is 12.0 Å². The highest BCUT2D eigenvalue weighted by Gasteiger charge is 2.10. The second-order valence-electron chi connectivity index (χ2n) is 3.95. The Hall–Kier alpha value is -1.88. The van der Waals surface area contributed by atoms with Crippen LogP contribution in [0.25, 0.3) is 0 Å². The van der Waals surface area contributed by atoms with E-state index in [4.69, 9.17) is 9.15 Å². The summed E-state index contributed by atoms with van der Waals surface area (Å²) in [5.74, 6) is 1.66. The van der Waals surface area contributed by atoms with Crippen molar-refractivity contribution in [3.8, 4) is 5.75 Å². The number of ether oxygens (including phenoxy) is 1. The minimum atomic E-state index is -0.574. The molecule has 1 aromatic carbocycles. The fourth-order valence-electron chi connectivity index (χ4n) is 1.59. The molecule has 18 heavy (non-hydrogen) atoms. The van der Waals surface area contributed by atoms with Crippen LogP contribution in [0.4, 0.5) is 0 Å². The summed E-state index contributed by atoms with van der Waals surface area (Å²) in [4.78, 5) is 0. The topological polar surface area (TPSA) is 68.4 Å². The van der Waals surface area contributed by atoms with Gasteiger partial charge >= 0.3 is 0 Å². The first-order chi connectivity index (χ1) is 8.70. The van der Waals surface area contributed by atoms with Crippen molar-refractivity contribution in [3.63, 3.8) is 0 Å². The monoisotopic (exact) mass is 248 g/mol. The normalized spacial score (nSPS) is 12.4. The minimum absolute atomic E-state index is 0.205. The average molecular weight is 248 g/mol. The van der Waals surface area contributed by atoms with E-state index in [2.05, 4.69) is 10.2 Å². The molecule has 0 bridgehead atoms. The van der Waals surface area contributed by atoms with Gasteiger partial charge in [0.05, 0.1) is 6.10 Å². The minimum Gasteiger partial charge on any atom is -0.483 e. The molecule has 1 N–H and O–H groups in total. The van der Waals surface area contributed by atoms with E-state index in [0.29, 0.717) is 24.0 Å². The molecule has 0 saturated carbocycles. The largest absolute Gasteiger partial charge is 0.483 e. The van der Waals surface area contributed by atoms with E-state index in [1.54, 1.807) is 13.0 Å². The van der Waals surface area contributed by atoms with Crippen molar-refractivity contribution in [1.82, 2.24) is 10.2 Å². The number of aromatic nitrogens is 2. The molecule has 96 valence electrons. The lowest BCUT2D eigenvalue weighted by Gasteiger charge is -2.11. The van der Waals surface area contributed by atoms with Crippen LogP contribution in [-0.2, 0) is 13.0 Å². The van der Waals surface area contributed by atoms with Crippen molar-refractivity contribution in [1.29, 1.82) is 0 Å². The van der Waals surface area contributed by atoms with Gasteiger partial charge < -0.3 is 14.3 Å². The van der Waals surface area contributed by atoms with E-state index >= 15 is 0 Å². The first-order valence-corrected chi connectivity index (χ1v) is 5.91. The smallest absolute Gasteiger partial charge is 0.253 e. The lowest BCUT2D eigenvalue weighted by molar-refractivity contribution is 0.187. The molecule has 0 aliphatic carbocycles. The highest BCUT2D eigenvalue weighted by molar-refractivity contribution is 5.34. The van der Waals surface area contributed by atoms with Gasteiger partial charge in [-0.1, -0.05) is 25.1 Å². The average Bonchev–Trinajstić information content (AvgIpc) is 2.84. The first kappa shape index (κ1) is 12.6. The Bertz CT molecular complexity index is 508. The zero-order chi connectivity index (χ0) is 13.0. The molecule has 0 radical (unpaired) electrons. The molecule has 1 aromatic heterocycles. The molecule has 0 aliphatic heterocycles. The molecule has 2 rings (SSSR count). The lowest BCUT2D eigenvalue weighted by Crippen LogP contribution is -2.01. The predicted octanol–water partition coefficient (Wildman–Crippen LogP) is 2.26. The Morgan fingerprint density at radius 2 is 2.00 bits per heavy atom. The second kappa shape index (κ2) is 5.64. The molecule has 1 heterocycles. The number of para-hydroxylation sites is 1. The van der Waals surface area contributed by atoms with Crippen molar-refractivity contribution in [3.05, 3.63) is 41.6 Å². The predicted molar refractivity (Wildman–Crippen MR) is 65.1 cm³/mol. The van der Waals surface area contributed by atoms with Crippen LogP contribution in [0.1, 0.15) is 37.3 Å². The Kier molecular flexibility index (Phi) is 3.94. The van der Waals surface area contributed by atoms with E-state index in [0.717, 1.165) is 5.56 Å². The maximum atomic E-state index is 9.61. The van der Waals surface area contributed by atoms with Gasteiger partial charge in [-0.3, -0.25) is 0 Å². The van der Waals surface area contributed by atoms with Crippen molar-refractivity contribution >= 4 is 0 Å². The van der Waals surface area contributed by atoms with Crippen LogP contribution >= 0.6 is 0 Å². The quantitative estimate of drug-likeness (QED) is 0.879. The third-order valence-corrected chi connectivity index (χ3v) is 2.53. The van der Waals surface area contributed by atoms with Crippen LogP contribution in [0.2, 0.25) is 0 Å². The van der Waals surface area contributed by atoms with Crippen LogP contribution in [0.3, 0.4) is 0 Å². The first-order valence-electron chi connectivity index (χ1n) is 5.91. The maximum Gasteiger partial charge on any atom is 0.253 e. The molecule has 5 heteroatoms. The van der Waals surface area contributed by atoms with Crippen LogP contribution in [0.5, 0.6) is 5.75 Å². The summed E-state index contributed by atoms with van der Waals surface area (Å²) >= 11 is 0. The molecule has 0 fully saturated rings. The Morgan fingerprint density at radius 3 is 2.67 bits per heavy atom. The number of aliphatic hydroxyl groups is 1. The zero-order valence-corrected chi connectivity index (χ0v) is 10.5. The van der Waals surface area contributed by atoms with Gasteiger partial charge in [0.2, 0.25) is 5.89 Å². The van der Waals surface area contributed by atoms with Gasteiger partial charge in [0.1, 0.15) is 5.75 Å². The molecule has 2 aromatic rings. The van der Waals surface area contributed by atoms with Crippen molar-refractivity contribution in [2.45, 2.75) is 33.0 Å². The highest BCUT2D eigenvalue weighted by atomic mass is 16.5. The maximum absolute atomic E-state index is 9.61. The number of rotatable bonds is 5. The number of nitrogens with zero attached hydrogens (tertiary/aromatic N) is 2. The molecule has 0 unspecified atom stereocenters. The van der Waals surface area contributed by atoms with Crippen LogP contribution in [0.15, 0.2) is 28.7 Å². The molecular formula is C13H16N2O3. The van der Waals surface area contributed by atoms with Gasteiger partial charge in [-0.15, -0.1) is 10.2 Å². The Labute approximate surface area is 105 Å². The highest BCUT2D eigenvalue weighted by Crippen LogP contribution is 2.25. The fourth-order valence-corrected chi connectivity index (χ4v) is 1.59. The van der Waals surface area contributed by atoms with Crippen LogP contribution in [0, 0.1) is 0 Å². The van der Waals surface area contributed by atoms with Gasteiger partial charge in [0.25, 0.3) is 5.89 Å². The Morgan fingerprint density at radius 1 is 1.28 bits per heavy atom. The molecule has 0 amide bonds. The van der Waals surface area contributed by atoms with Gasteiger partial charge in [-0.25, -0.2) is 0 Å². The summed E-state index contributed by atoms with van der Waals surface area (Å²) in [5.41, 5.74) is 0.743. The summed E-state index contributed by atoms with van der Waals surface area (Å²) in [5, 5.41) is 17.3. The van der Waals surface area contributed by atoms with E-state index in [1.165, 1.54) is 0 Å². The number of hydrogen-bond acceptors (Lipinski definition) is 5. The number of aliphatic hydroxyl groups excluding tert-OH is 1. The van der Waals surface area contributed by atoms with Gasteiger partial charge in [0.15, 0.2) is 6.61 Å². The summed E-state index contributed by atoms with van der Waals surface area (Å²) in [6.45, 7) is 3.85. The van der Waals surface area contributed by atoms with Crippen molar-refractivity contribution in [2.75, 3.05) is 0 Å². The number of benzene rings is 1. The van der Waals surface area contributed by atoms with Gasteiger partial charge in [-0.05, 0) is 13.0 Å².